The Morgan fingerprint density at radius 2 is 2.05 bits per heavy atom. The maximum atomic E-state index is 13.4. The zero-order valence-corrected chi connectivity index (χ0v) is 10.2. The first kappa shape index (κ1) is 15.9. The number of hydrogen-bond donors (Lipinski definition) is 1. The monoisotopic (exact) mass is 294 g/mol. The molecule has 0 saturated carbocycles. The topological polar surface area (TPSA) is 72.2 Å². The van der Waals surface area contributed by atoms with Crippen LogP contribution in [0.1, 0.15) is 23.7 Å². The molecule has 1 atom stereocenters. The average molecular weight is 294 g/mol. The number of rotatable bonds is 4. The predicted octanol–water partition coefficient (Wildman–Crippen LogP) is 2.80. The highest BCUT2D eigenvalue weighted by molar-refractivity contribution is 5.95. The Hall–Kier alpha value is -2.19. The van der Waals surface area contributed by atoms with Crippen molar-refractivity contribution in [2.45, 2.75) is 25.6 Å². The standard InChI is InChI=1S/C11H10F4N2O3/c1-6(5-11(13,14)15)16-10(18)8-4-7(17(19)20)2-3-9(8)12/h2-4,6H,5H2,1H3,(H,16,18). The van der Waals surface area contributed by atoms with Gasteiger partial charge in [0.2, 0.25) is 0 Å². The molecule has 20 heavy (non-hydrogen) atoms. The van der Waals surface area contributed by atoms with Gasteiger partial charge in [-0.1, -0.05) is 0 Å². The maximum Gasteiger partial charge on any atom is 0.391 e. The normalized spacial score (nSPS) is 12.8. The molecule has 0 bridgehead atoms. The number of alkyl halides is 3. The summed E-state index contributed by atoms with van der Waals surface area (Å²) in [6.45, 7) is 1.10. The van der Waals surface area contributed by atoms with Gasteiger partial charge in [0.05, 0.1) is 16.9 Å². The number of nitro benzene ring substituents is 1. The van der Waals surface area contributed by atoms with Gasteiger partial charge in [0.15, 0.2) is 0 Å². The summed E-state index contributed by atoms with van der Waals surface area (Å²) in [5.41, 5.74) is -1.20. The van der Waals surface area contributed by atoms with Crippen LogP contribution in [0.25, 0.3) is 0 Å². The number of carbonyl (C=O) groups is 1. The first-order chi connectivity index (χ1) is 9.10. The lowest BCUT2D eigenvalue weighted by Crippen LogP contribution is -2.36. The Labute approximate surface area is 110 Å². The minimum absolute atomic E-state index is 0.528. The Bertz CT molecular complexity index is 531. The SMILES string of the molecule is CC(CC(F)(F)F)NC(=O)c1cc([N+](=O)[O-])ccc1F. The van der Waals surface area contributed by atoms with E-state index in [-0.39, 0.29) is 0 Å². The van der Waals surface area contributed by atoms with Gasteiger partial charge >= 0.3 is 6.18 Å². The van der Waals surface area contributed by atoms with Crippen molar-refractivity contribution in [2.75, 3.05) is 0 Å². The number of nitrogens with one attached hydrogen (secondary N) is 1. The van der Waals surface area contributed by atoms with Crippen LogP contribution in [0.5, 0.6) is 0 Å². The van der Waals surface area contributed by atoms with Crippen molar-refractivity contribution in [1.82, 2.24) is 5.32 Å². The molecule has 0 aliphatic carbocycles. The molecule has 1 aromatic carbocycles. The fraction of sp³-hybridized carbons (Fsp3) is 0.364. The van der Waals surface area contributed by atoms with Crippen molar-refractivity contribution in [3.05, 3.63) is 39.7 Å². The Balaban J connectivity index is 2.87. The van der Waals surface area contributed by atoms with Crippen molar-refractivity contribution in [1.29, 1.82) is 0 Å². The minimum Gasteiger partial charge on any atom is -0.349 e. The average Bonchev–Trinajstić information content (AvgIpc) is 2.26. The van der Waals surface area contributed by atoms with Gasteiger partial charge in [0.25, 0.3) is 11.6 Å². The van der Waals surface area contributed by atoms with Crippen LogP contribution in [0.15, 0.2) is 18.2 Å². The molecule has 0 aliphatic heterocycles. The first-order valence-electron chi connectivity index (χ1n) is 5.41. The summed E-state index contributed by atoms with van der Waals surface area (Å²) >= 11 is 0. The van der Waals surface area contributed by atoms with Gasteiger partial charge in [-0.05, 0) is 13.0 Å². The van der Waals surface area contributed by atoms with Crippen LogP contribution in [0.2, 0.25) is 0 Å². The van der Waals surface area contributed by atoms with Crippen molar-refractivity contribution < 1.29 is 27.3 Å². The minimum atomic E-state index is -4.48. The number of nitro groups is 1. The van der Waals surface area contributed by atoms with Crippen LogP contribution in [0.3, 0.4) is 0 Å². The number of benzene rings is 1. The van der Waals surface area contributed by atoms with Crippen LogP contribution < -0.4 is 5.32 Å². The molecular weight excluding hydrogens is 284 g/mol. The lowest BCUT2D eigenvalue weighted by atomic mass is 10.1. The lowest BCUT2D eigenvalue weighted by Gasteiger charge is -2.15. The van der Waals surface area contributed by atoms with E-state index in [2.05, 4.69) is 0 Å². The van der Waals surface area contributed by atoms with Crippen LogP contribution in [-0.2, 0) is 0 Å². The third-order valence-electron chi connectivity index (χ3n) is 2.32. The second-order valence-corrected chi connectivity index (χ2v) is 4.12. The molecule has 0 aromatic heterocycles. The van der Waals surface area contributed by atoms with Crippen molar-refractivity contribution in [2.24, 2.45) is 0 Å². The fourth-order valence-electron chi connectivity index (χ4n) is 1.50. The summed E-state index contributed by atoms with van der Waals surface area (Å²) in [5, 5.41) is 12.4. The fourth-order valence-corrected chi connectivity index (χ4v) is 1.50. The summed E-state index contributed by atoms with van der Waals surface area (Å²) in [6, 6.07) is 0.957. The van der Waals surface area contributed by atoms with Crippen molar-refractivity contribution in [3.8, 4) is 0 Å². The van der Waals surface area contributed by atoms with Crippen molar-refractivity contribution in [3.63, 3.8) is 0 Å². The molecule has 1 unspecified atom stereocenters. The quantitative estimate of drug-likeness (QED) is 0.527. The van der Waals surface area contributed by atoms with E-state index in [0.717, 1.165) is 13.0 Å². The van der Waals surface area contributed by atoms with Gasteiger partial charge in [-0.2, -0.15) is 13.2 Å². The Morgan fingerprint density at radius 1 is 1.45 bits per heavy atom. The molecule has 0 fully saturated rings. The Morgan fingerprint density at radius 3 is 2.55 bits per heavy atom. The number of nitrogens with zero attached hydrogens (tertiary/aromatic N) is 1. The number of halogens is 4. The van der Waals surface area contributed by atoms with E-state index < -0.39 is 46.5 Å². The molecule has 110 valence electrons. The summed E-state index contributed by atoms with van der Waals surface area (Å²) < 4.78 is 49.6. The van der Waals surface area contributed by atoms with E-state index in [1.807, 2.05) is 5.32 Å². The van der Waals surface area contributed by atoms with E-state index in [4.69, 9.17) is 0 Å². The molecule has 1 amide bonds. The molecule has 0 spiro atoms. The van der Waals surface area contributed by atoms with E-state index >= 15 is 0 Å². The summed E-state index contributed by atoms with van der Waals surface area (Å²) in [6.07, 6.45) is -5.76. The second kappa shape index (κ2) is 5.85. The van der Waals surface area contributed by atoms with E-state index in [1.54, 1.807) is 0 Å². The van der Waals surface area contributed by atoms with Crippen LogP contribution in [-0.4, -0.2) is 23.0 Å². The van der Waals surface area contributed by atoms with Crippen LogP contribution >= 0.6 is 0 Å². The maximum absolute atomic E-state index is 13.4. The molecule has 0 aliphatic rings. The molecular formula is C11H10F4N2O3. The summed E-state index contributed by atoms with van der Waals surface area (Å²) in [4.78, 5) is 21.3. The van der Waals surface area contributed by atoms with E-state index in [9.17, 15) is 32.5 Å². The smallest absolute Gasteiger partial charge is 0.349 e. The number of non-ortho nitro benzene ring substituents is 1. The predicted molar refractivity (Wildman–Crippen MR) is 60.7 cm³/mol. The first-order valence-corrected chi connectivity index (χ1v) is 5.41. The highest BCUT2D eigenvalue weighted by Gasteiger charge is 2.31. The van der Waals surface area contributed by atoms with Crippen molar-refractivity contribution >= 4 is 11.6 Å². The molecule has 0 heterocycles. The molecule has 0 saturated heterocycles. The molecule has 1 N–H and O–H groups in total. The second-order valence-electron chi connectivity index (χ2n) is 4.12. The van der Waals surface area contributed by atoms with E-state index in [1.165, 1.54) is 0 Å². The van der Waals surface area contributed by atoms with Gasteiger partial charge in [-0.3, -0.25) is 14.9 Å². The number of amides is 1. The largest absolute Gasteiger partial charge is 0.391 e. The number of hydrogen-bond acceptors (Lipinski definition) is 3. The van der Waals surface area contributed by atoms with E-state index in [0.29, 0.717) is 12.1 Å². The van der Waals surface area contributed by atoms with Gasteiger partial charge in [0, 0.05) is 18.2 Å². The third-order valence-corrected chi connectivity index (χ3v) is 2.32. The number of carbonyl (C=O) groups excluding carboxylic acids is 1. The molecule has 1 aromatic rings. The summed E-state index contributed by atoms with van der Waals surface area (Å²) in [7, 11) is 0. The third kappa shape index (κ3) is 4.48. The van der Waals surface area contributed by atoms with Crippen LogP contribution in [0, 0.1) is 15.9 Å². The summed E-state index contributed by atoms with van der Waals surface area (Å²) in [5.74, 6) is -2.18. The van der Waals surface area contributed by atoms with Gasteiger partial charge in [0.1, 0.15) is 5.82 Å². The highest BCUT2D eigenvalue weighted by Crippen LogP contribution is 2.22. The van der Waals surface area contributed by atoms with Gasteiger partial charge < -0.3 is 5.32 Å². The highest BCUT2D eigenvalue weighted by atomic mass is 19.4. The lowest BCUT2D eigenvalue weighted by molar-refractivity contribution is -0.384. The molecule has 9 heteroatoms. The zero-order valence-electron chi connectivity index (χ0n) is 10.2. The molecule has 1 rings (SSSR count). The molecule has 5 nitrogen and oxygen atoms in total. The van der Waals surface area contributed by atoms with Gasteiger partial charge in [-0.15, -0.1) is 0 Å². The Kier molecular flexibility index (Phi) is 4.64. The van der Waals surface area contributed by atoms with Gasteiger partial charge in [-0.25, -0.2) is 4.39 Å². The molecule has 0 radical (unpaired) electrons. The van der Waals surface area contributed by atoms with Crippen LogP contribution in [0.4, 0.5) is 23.2 Å². The zero-order chi connectivity index (χ0) is 15.5.